The zero-order valence-corrected chi connectivity index (χ0v) is 8.79. The molecule has 0 N–H and O–H groups in total. The van der Waals surface area contributed by atoms with Crippen LogP contribution in [0, 0.1) is 11.8 Å². The predicted molar refractivity (Wildman–Crippen MR) is 47.3 cm³/mol. The topological polar surface area (TPSA) is 55.8 Å². The predicted octanol–water partition coefficient (Wildman–Crippen LogP) is 0.294. The van der Waals surface area contributed by atoms with E-state index in [-0.39, 0.29) is 5.92 Å². The fourth-order valence-corrected chi connectivity index (χ4v) is 3.96. The fraction of sp³-hybridized carbons (Fsp3) is 1.00. The van der Waals surface area contributed by atoms with Gasteiger partial charge in [0, 0.05) is 19.0 Å². The minimum Gasteiger partial charge on any atom is -0.250 e. The highest BCUT2D eigenvalue weighted by Crippen LogP contribution is 2.51. The molecule has 0 amide bonds. The van der Waals surface area contributed by atoms with E-state index in [1.54, 1.807) is 0 Å². The molecule has 14 heavy (non-hydrogen) atoms. The Hall–Kier alpha value is -0.170. The van der Waals surface area contributed by atoms with Crippen LogP contribution in [0.15, 0.2) is 0 Å². The molecule has 2 bridgehead atoms. The summed E-state index contributed by atoms with van der Waals surface area (Å²) in [5.41, 5.74) is 0. The number of piperidine rings is 3. The molecule has 4 fully saturated rings. The first kappa shape index (κ1) is 9.08. The van der Waals surface area contributed by atoms with Crippen LogP contribution < -0.4 is 0 Å². The maximum Gasteiger partial charge on any atom is 0.407 e. The summed E-state index contributed by atoms with van der Waals surface area (Å²) in [5.74, 6) is -0.260. The Bertz CT molecular complexity index is 342. The summed E-state index contributed by atoms with van der Waals surface area (Å²) in [6.07, 6.45) is 2.24. The molecule has 4 aliphatic heterocycles. The summed E-state index contributed by atoms with van der Waals surface area (Å²) in [7, 11) is -3.69. The lowest BCUT2D eigenvalue weighted by Gasteiger charge is -2.58. The Labute approximate surface area is 83.3 Å². The van der Waals surface area contributed by atoms with E-state index in [0.717, 1.165) is 25.9 Å². The van der Waals surface area contributed by atoms with Crippen LogP contribution in [-0.4, -0.2) is 32.3 Å². The monoisotopic (exact) mass is 219 g/mol. The average molecular weight is 219 g/mol. The van der Waals surface area contributed by atoms with E-state index in [1.807, 2.05) is 11.8 Å². The minimum absolute atomic E-state index is 0.147. The first-order chi connectivity index (χ1) is 6.54. The lowest BCUT2D eigenvalue weighted by Crippen LogP contribution is -2.72. The second-order valence-electron chi connectivity index (χ2n) is 4.32. The molecule has 4 aliphatic rings. The molecular weight excluding hydrogens is 206 g/mol. The van der Waals surface area contributed by atoms with Gasteiger partial charge in [0.2, 0.25) is 0 Å². The van der Waals surface area contributed by atoms with Crippen molar-refractivity contribution in [3.8, 4) is 0 Å². The molecule has 4 saturated heterocycles. The summed E-state index contributed by atoms with van der Waals surface area (Å²) in [5, 5.41) is 0. The maximum absolute atomic E-state index is 10.9. The van der Waals surface area contributed by atoms with Crippen LogP contribution in [0.4, 0.5) is 0 Å². The fourth-order valence-electron chi connectivity index (χ4n) is 2.85. The molecule has 0 aliphatic carbocycles. The Morgan fingerprint density at radius 1 is 1.29 bits per heavy atom. The van der Waals surface area contributed by atoms with Crippen LogP contribution in [0.1, 0.15) is 19.8 Å². The highest BCUT2D eigenvalue weighted by atomic mass is 32.3. The number of nitrogens with zero attached hydrogens (tertiary/aromatic N) is 1. The lowest BCUT2D eigenvalue weighted by atomic mass is 9.77. The van der Waals surface area contributed by atoms with Crippen molar-refractivity contribution in [2.75, 3.05) is 13.1 Å². The van der Waals surface area contributed by atoms with E-state index in [0.29, 0.717) is 5.92 Å². The largest absolute Gasteiger partial charge is 0.407 e. The summed E-state index contributed by atoms with van der Waals surface area (Å²) in [6.45, 7) is 3.76. The minimum atomic E-state index is -3.69. The molecule has 0 radical (unpaired) electrons. The van der Waals surface area contributed by atoms with Gasteiger partial charge in [0.05, 0.1) is 0 Å². The van der Waals surface area contributed by atoms with Gasteiger partial charge >= 0.3 is 10.4 Å². The van der Waals surface area contributed by atoms with Gasteiger partial charge < -0.3 is 0 Å². The molecule has 4 rings (SSSR count). The van der Waals surface area contributed by atoms with E-state index < -0.39 is 16.3 Å². The first-order valence-electron chi connectivity index (χ1n) is 4.95. The van der Waals surface area contributed by atoms with Gasteiger partial charge in [-0.1, -0.05) is 6.92 Å². The Morgan fingerprint density at radius 2 is 1.86 bits per heavy atom. The third-order valence-corrected chi connectivity index (χ3v) is 4.59. The van der Waals surface area contributed by atoms with E-state index in [1.165, 1.54) is 0 Å². The number of rotatable bonds is 0. The molecule has 0 saturated carbocycles. The molecule has 0 aromatic carbocycles. The highest BCUT2D eigenvalue weighted by Gasteiger charge is 2.65. The average Bonchev–Trinajstić information content (AvgIpc) is 2.10. The smallest absolute Gasteiger partial charge is 0.250 e. The van der Waals surface area contributed by atoms with Gasteiger partial charge in [-0.15, -0.1) is 0 Å². The van der Waals surface area contributed by atoms with Crippen LogP contribution in [0.5, 0.6) is 0 Å². The maximum atomic E-state index is 10.9. The third-order valence-electron chi connectivity index (χ3n) is 3.71. The van der Waals surface area contributed by atoms with E-state index in [4.69, 9.17) is 8.37 Å². The molecule has 4 heterocycles. The molecule has 0 aromatic rings. The van der Waals surface area contributed by atoms with Gasteiger partial charge in [-0.25, -0.2) is 0 Å². The normalized spacial score (nSPS) is 47.6. The molecule has 1 unspecified atom stereocenters. The molecule has 80 valence electrons. The van der Waals surface area contributed by atoms with Crippen molar-refractivity contribution in [2.24, 2.45) is 11.8 Å². The van der Waals surface area contributed by atoms with Gasteiger partial charge in [0.15, 0.2) is 0 Å². The van der Waals surface area contributed by atoms with Gasteiger partial charge in [0.25, 0.3) is 5.91 Å². The van der Waals surface area contributed by atoms with Gasteiger partial charge in [-0.2, -0.15) is 16.8 Å². The summed E-state index contributed by atoms with van der Waals surface area (Å²) >= 11 is 0. The van der Waals surface area contributed by atoms with Crippen LogP contribution in [0.2, 0.25) is 0 Å². The molecule has 0 aromatic heterocycles. The quantitative estimate of drug-likeness (QED) is 0.586. The summed E-state index contributed by atoms with van der Waals surface area (Å²) in [4.78, 5) is 2.00. The van der Waals surface area contributed by atoms with Crippen LogP contribution in [0.3, 0.4) is 0 Å². The second-order valence-corrected chi connectivity index (χ2v) is 5.47. The van der Waals surface area contributed by atoms with Crippen molar-refractivity contribution < 1.29 is 16.8 Å². The standard InChI is InChI=1S/C8H13NO4S/c1-6-7-2-4-9(5-3-7)8(6)12-14(10,11)13-8/h6-7H,2-5H2,1H3. The van der Waals surface area contributed by atoms with Crippen molar-refractivity contribution in [1.29, 1.82) is 0 Å². The van der Waals surface area contributed by atoms with Crippen molar-refractivity contribution in [2.45, 2.75) is 25.7 Å². The molecule has 1 atom stereocenters. The van der Waals surface area contributed by atoms with Crippen molar-refractivity contribution >= 4 is 10.4 Å². The van der Waals surface area contributed by atoms with E-state index in [2.05, 4.69) is 0 Å². The van der Waals surface area contributed by atoms with Crippen molar-refractivity contribution in [3.63, 3.8) is 0 Å². The first-order valence-corrected chi connectivity index (χ1v) is 6.28. The van der Waals surface area contributed by atoms with E-state index >= 15 is 0 Å². The van der Waals surface area contributed by atoms with Gasteiger partial charge in [-0.05, 0) is 18.8 Å². The summed E-state index contributed by atoms with van der Waals surface area (Å²) < 4.78 is 31.8. The number of fused-ring (bicyclic) bond motifs is 2. The Morgan fingerprint density at radius 3 is 2.29 bits per heavy atom. The van der Waals surface area contributed by atoms with Crippen LogP contribution >= 0.6 is 0 Å². The Kier molecular flexibility index (Phi) is 1.62. The molecule has 6 heteroatoms. The summed E-state index contributed by atoms with van der Waals surface area (Å²) in [6, 6.07) is 0. The lowest BCUT2D eigenvalue weighted by molar-refractivity contribution is -0.345. The number of hydrogen-bond donors (Lipinski definition) is 0. The number of hydrogen-bond acceptors (Lipinski definition) is 5. The van der Waals surface area contributed by atoms with E-state index in [9.17, 15) is 8.42 Å². The zero-order valence-electron chi connectivity index (χ0n) is 7.97. The SMILES string of the molecule is CC1C2CCN(CC2)C12OS(=O)(=O)O2. The molecule has 5 nitrogen and oxygen atoms in total. The van der Waals surface area contributed by atoms with Crippen LogP contribution in [-0.2, 0) is 18.8 Å². The Balaban J connectivity index is 1.93. The van der Waals surface area contributed by atoms with Gasteiger partial charge in [0.1, 0.15) is 0 Å². The second kappa shape index (κ2) is 2.49. The van der Waals surface area contributed by atoms with Gasteiger partial charge in [-0.3, -0.25) is 4.90 Å². The zero-order chi connectivity index (χ0) is 9.97. The van der Waals surface area contributed by atoms with Crippen molar-refractivity contribution in [1.82, 2.24) is 4.90 Å². The third kappa shape index (κ3) is 0.970. The molecular formula is C8H13NO4S. The van der Waals surface area contributed by atoms with Crippen LogP contribution in [0.25, 0.3) is 0 Å². The highest BCUT2D eigenvalue weighted by molar-refractivity contribution is 7.82. The molecule has 1 spiro atoms. The van der Waals surface area contributed by atoms with Crippen molar-refractivity contribution in [3.05, 3.63) is 0 Å².